The number of rotatable bonds is 7. The first kappa shape index (κ1) is 23.1. The maximum Gasteiger partial charge on any atom is 0.255 e. The van der Waals surface area contributed by atoms with Gasteiger partial charge in [0, 0.05) is 38.4 Å². The maximum atomic E-state index is 14.1. The van der Waals surface area contributed by atoms with E-state index in [2.05, 4.69) is 5.32 Å². The number of carbonyl (C=O) groups excluding carboxylic acids is 1. The second-order valence-corrected chi connectivity index (χ2v) is 8.69. The lowest BCUT2D eigenvalue weighted by Crippen LogP contribution is -2.31. The second kappa shape index (κ2) is 9.06. The summed E-state index contributed by atoms with van der Waals surface area (Å²) in [5, 5.41) is 2.35. The zero-order valence-corrected chi connectivity index (χ0v) is 18.0. The summed E-state index contributed by atoms with van der Waals surface area (Å²) in [5.74, 6) is -2.41. The third-order valence-corrected chi connectivity index (χ3v) is 6.77. The molecule has 0 atom stereocenters. The average molecular weight is 446 g/mol. The van der Waals surface area contributed by atoms with Gasteiger partial charge in [0.2, 0.25) is 10.0 Å². The van der Waals surface area contributed by atoms with E-state index in [0.29, 0.717) is 0 Å². The highest BCUT2D eigenvalue weighted by atomic mass is 35.5. The maximum absolute atomic E-state index is 14.1. The lowest BCUT2D eigenvalue weighted by atomic mass is 10.2. The van der Waals surface area contributed by atoms with E-state index >= 15 is 0 Å². The highest BCUT2D eigenvalue weighted by molar-refractivity contribution is 7.89. The van der Waals surface area contributed by atoms with Crippen LogP contribution in [-0.4, -0.2) is 45.8 Å². The number of nitrogens with zero attached hydrogens (tertiary/aromatic N) is 2. The quantitative estimate of drug-likeness (QED) is 0.700. The fraction of sp³-hybridized carbons (Fsp3) is 0.316. The predicted octanol–water partition coefficient (Wildman–Crippen LogP) is 3.97. The lowest BCUT2D eigenvalue weighted by molar-refractivity contribution is 0.102. The molecule has 0 heterocycles. The second-order valence-electron chi connectivity index (χ2n) is 6.37. The number of benzene rings is 2. The lowest BCUT2D eigenvalue weighted by Gasteiger charge is -2.19. The van der Waals surface area contributed by atoms with Crippen LogP contribution < -0.4 is 10.2 Å². The van der Waals surface area contributed by atoms with Crippen molar-refractivity contribution in [2.24, 2.45) is 0 Å². The smallest absolute Gasteiger partial charge is 0.255 e. The summed E-state index contributed by atoms with van der Waals surface area (Å²) in [5.41, 5.74) is -0.349. The molecule has 0 unspecified atom stereocenters. The summed E-state index contributed by atoms with van der Waals surface area (Å²) in [6.45, 7) is 3.85. The van der Waals surface area contributed by atoms with Gasteiger partial charge in [-0.2, -0.15) is 4.31 Å². The number of hydrogen-bond acceptors (Lipinski definition) is 4. The van der Waals surface area contributed by atoms with Gasteiger partial charge in [0.15, 0.2) is 11.6 Å². The molecule has 0 saturated carbocycles. The Hall–Kier alpha value is -2.23. The highest BCUT2D eigenvalue weighted by Gasteiger charge is 2.25. The molecule has 0 aliphatic carbocycles. The number of anilines is 2. The molecule has 29 heavy (non-hydrogen) atoms. The predicted molar refractivity (Wildman–Crippen MR) is 110 cm³/mol. The van der Waals surface area contributed by atoms with Crippen LogP contribution >= 0.6 is 11.6 Å². The zero-order chi connectivity index (χ0) is 21.9. The molecular formula is C19H22ClF2N3O3S. The third kappa shape index (κ3) is 4.85. The molecule has 0 fully saturated rings. The third-order valence-electron chi connectivity index (χ3n) is 4.24. The summed E-state index contributed by atoms with van der Waals surface area (Å²) in [6, 6.07) is 5.74. The minimum atomic E-state index is -3.89. The van der Waals surface area contributed by atoms with Gasteiger partial charge in [0.1, 0.15) is 10.6 Å². The Balaban J connectivity index is 2.38. The Bertz CT molecular complexity index is 1000. The van der Waals surface area contributed by atoms with E-state index in [1.807, 2.05) is 0 Å². The molecule has 0 aliphatic rings. The Morgan fingerprint density at radius 1 is 1.07 bits per heavy atom. The minimum absolute atomic E-state index is 0.0161. The fourth-order valence-electron chi connectivity index (χ4n) is 2.81. The van der Waals surface area contributed by atoms with Crippen molar-refractivity contribution in [1.82, 2.24) is 4.31 Å². The van der Waals surface area contributed by atoms with Gasteiger partial charge in [-0.05, 0) is 30.3 Å². The van der Waals surface area contributed by atoms with Crippen LogP contribution in [0.2, 0.25) is 5.02 Å². The standard InChI is InChI=1S/C19H22ClF2N3O3S/c1-5-25(6-2)29(27,28)17-9-12(7-8-14(17)20)19(26)23-13-10-15(21)18(24(3)4)16(22)11-13/h7-11H,5-6H2,1-4H3,(H,23,26). The van der Waals surface area contributed by atoms with Crippen molar-refractivity contribution < 1.29 is 22.0 Å². The molecule has 0 radical (unpaired) electrons. The van der Waals surface area contributed by atoms with Crippen molar-refractivity contribution in [2.75, 3.05) is 37.4 Å². The highest BCUT2D eigenvalue weighted by Crippen LogP contribution is 2.28. The number of carbonyl (C=O) groups is 1. The first-order valence-corrected chi connectivity index (χ1v) is 10.6. The van der Waals surface area contributed by atoms with E-state index in [1.54, 1.807) is 13.8 Å². The molecule has 0 spiro atoms. The molecule has 2 aromatic rings. The Labute approximate surface area is 174 Å². The van der Waals surface area contributed by atoms with Crippen LogP contribution in [0.15, 0.2) is 35.2 Å². The van der Waals surface area contributed by atoms with Crippen LogP contribution in [0.1, 0.15) is 24.2 Å². The summed E-state index contributed by atoms with van der Waals surface area (Å²) < 4.78 is 54.9. The van der Waals surface area contributed by atoms with Crippen LogP contribution in [0.3, 0.4) is 0 Å². The van der Waals surface area contributed by atoms with Crippen LogP contribution in [0.4, 0.5) is 20.2 Å². The van der Waals surface area contributed by atoms with Crippen molar-refractivity contribution in [2.45, 2.75) is 18.7 Å². The molecule has 2 rings (SSSR count). The summed E-state index contributed by atoms with van der Waals surface area (Å²) in [6.07, 6.45) is 0. The Kier molecular flexibility index (Phi) is 7.20. The molecular weight excluding hydrogens is 424 g/mol. The van der Waals surface area contributed by atoms with Crippen molar-refractivity contribution >= 4 is 38.9 Å². The van der Waals surface area contributed by atoms with E-state index in [0.717, 1.165) is 18.2 Å². The number of hydrogen-bond donors (Lipinski definition) is 1. The van der Waals surface area contributed by atoms with E-state index in [-0.39, 0.29) is 39.9 Å². The van der Waals surface area contributed by atoms with Gasteiger partial charge in [-0.1, -0.05) is 25.4 Å². The molecule has 0 saturated heterocycles. The summed E-state index contributed by atoms with van der Waals surface area (Å²) >= 11 is 6.05. The SMILES string of the molecule is CCN(CC)S(=O)(=O)c1cc(C(=O)Nc2cc(F)c(N(C)C)c(F)c2)ccc1Cl. The molecule has 0 aromatic heterocycles. The average Bonchev–Trinajstić information content (AvgIpc) is 2.61. The first-order chi connectivity index (χ1) is 13.5. The van der Waals surface area contributed by atoms with E-state index in [1.165, 1.54) is 35.4 Å². The molecule has 6 nitrogen and oxygen atoms in total. The van der Waals surface area contributed by atoms with Crippen molar-refractivity contribution in [1.29, 1.82) is 0 Å². The molecule has 0 aliphatic heterocycles. The van der Waals surface area contributed by atoms with Gasteiger partial charge in [-0.15, -0.1) is 0 Å². The van der Waals surface area contributed by atoms with Gasteiger partial charge in [-0.25, -0.2) is 17.2 Å². The molecule has 0 bridgehead atoms. The van der Waals surface area contributed by atoms with Gasteiger partial charge in [0.25, 0.3) is 5.91 Å². The molecule has 1 N–H and O–H groups in total. The van der Waals surface area contributed by atoms with E-state index in [4.69, 9.17) is 11.6 Å². The van der Waals surface area contributed by atoms with Crippen molar-refractivity contribution in [3.63, 3.8) is 0 Å². The minimum Gasteiger partial charge on any atom is -0.373 e. The van der Waals surface area contributed by atoms with Crippen molar-refractivity contribution in [3.05, 3.63) is 52.6 Å². The fourth-order valence-corrected chi connectivity index (χ4v) is 4.77. The van der Waals surface area contributed by atoms with Crippen LogP contribution in [0.5, 0.6) is 0 Å². The number of sulfonamides is 1. The van der Waals surface area contributed by atoms with E-state index < -0.39 is 27.6 Å². The Morgan fingerprint density at radius 3 is 2.10 bits per heavy atom. The van der Waals surface area contributed by atoms with Crippen LogP contribution in [0.25, 0.3) is 0 Å². The topological polar surface area (TPSA) is 69.7 Å². The normalized spacial score (nSPS) is 11.6. The van der Waals surface area contributed by atoms with Crippen molar-refractivity contribution in [3.8, 4) is 0 Å². The first-order valence-electron chi connectivity index (χ1n) is 8.80. The number of nitrogens with one attached hydrogen (secondary N) is 1. The number of amides is 1. The zero-order valence-electron chi connectivity index (χ0n) is 16.5. The monoisotopic (exact) mass is 445 g/mol. The van der Waals surface area contributed by atoms with Gasteiger partial charge >= 0.3 is 0 Å². The molecule has 158 valence electrons. The van der Waals surface area contributed by atoms with Gasteiger partial charge < -0.3 is 10.2 Å². The summed E-state index contributed by atoms with van der Waals surface area (Å²) in [4.78, 5) is 13.6. The summed E-state index contributed by atoms with van der Waals surface area (Å²) in [7, 11) is -0.911. The largest absolute Gasteiger partial charge is 0.373 e. The van der Waals surface area contributed by atoms with Gasteiger partial charge in [0.05, 0.1) is 5.02 Å². The Morgan fingerprint density at radius 2 is 1.62 bits per heavy atom. The van der Waals surface area contributed by atoms with E-state index in [9.17, 15) is 22.0 Å². The van der Waals surface area contributed by atoms with Crippen LogP contribution in [0, 0.1) is 11.6 Å². The number of halogens is 3. The molecule has 2 aromatic carbocycles. The van der Waals surface area contributed by atoms with Gasteiger partial charge in [-0.3, -0.25) is 4.79 Å². The molecule has 10 heteroatoms. The van der Waals surface area contributed by atoms with Crippen LogP contribution in [-0.2, 0) is 10.0 Å². The molecule has 1 amide bonds.